The fourth-order valence-corrected chi connectivity index (χ4v) is 10.6. The molecule has 8 aromatic carbocycles. The van der Waals surface area contributed by atoms with Crippen molar-refractivity contribution in [1.29, 1.82) is 0 Å². The van der Waals surface area contributed by atoms with Crippen LogP contribution < -0.4 is 0 Å². The lowest BCUT2D eigenvalue weighted by molar-refractivity contribution is 0.660. The lowest BCUT2D eigenvalue weighted by Crippen LogP contribution is -2.15. The summed E-state index contributed by atoms with van der Waals surface area (Å²) >= 11 is 1.86. The maximum absolute atomic E-state index is 5.55. The molecule has 0 saturated carbocycles. The lowest BCUT2D eigenvalue weighted by atomic mass is 9.82. The Hall–Kier alpha value is -6.62. The molecule has 0 saturated heterocycles. The molecule has 12 rings (SSSR count). The molecule has 0 unspecified atom stereocenters. The summed E-state index contributed by atoms with van der Waals surface area (Å²) in [4.78, 5) is 11.1. The van der Waals surface area contributed by atoms with Gasteiger partial charge >= 0.3 is 0 Å². The van der Waals surface area contributed by atoms with E-state index in [0.717, 1.165) is 33.5 Å². The SMILES string of the molecule is CC1(C)c2ccccc2-c2ccc(-c3cc(-c4ccc5ccccc5c4)nc(-n4c5ccccc5c5c6ccccc6c6c7ccccc7sc6c54)n3)cc21. The molecule has 258 valence electrons. The first-order valence-electron chi connectivity index (χ1n) is 18.9. The van der Waals surface area contributed by atoms with Crippen molar-refractivity contribution in [2.24, 2.45) is 0 Å². The first kappa shape index (κ1) is 30.8. The van der Waals surface area contributed by atoms with Crippen LogP contribution >= 0.6 is 11.3 Å². The van der Waals surface area contributed by atoms with Gasteiger partial charge in [-0.25, -0.2) is 9.97 Å². The Labute approximate surface area is 321 Å². The number of nitrogens with zero attached hydrogens (tertiary/aromatic N) is 3. The normalized spacial score (nSPS) is 13.4. The summed E-state index contributed by atoms with van der Waals surface area (Å²) < 4.78 is 4.88. The van der Waals surface area contributed by atoms with E-state index in [1.807, 2.05) is 11.3 Å². The summed E-state index contributed by atoms with van der Waals surface area (Å²) in [7, 11) is 0. The first-order chi connectivity index (χ1) is 27.0. The monoisotopic (exact) mass is 719 g/mol. The Morgan fingerprint density at radius 2 is 1.11 bits per heavy atom. The van der Waals surface area contributed by atoms with Gasteiger partial charge in [0.2, 0.25) is 5.95 Å². The largest absolute Gasteiger partial charge is 0.276 e. The Bertz CT molecular complexity index is 3420. The zero-order valence-electron chi connectivity index (χ0n) is 30.3. The molecule has 0 amide bonds. The highest BCUT2D eigenvalue weighted by molar-refractivity contribution is 7.27. The molecule has 1 aliphatic carbocycles. The van der Waals surface area contributed by atoms with Gasteiger partial charge in [-0.1, -0.05) is 147 Å². The predicted octanol–water partition coefficient (Wildman–Crippen LogP) is 13.9. The summed E-state index contributed by atoms with van der Waals surface area (Å²) in [6.45, 7) is 4.68. The number of fused-ring (bicyclic) bond motifs is 14. The topological polar surface area (TPSA) is 30.7 Å². The van der Waals surface area contributed by atoms with E-state index in [4.69, 9.17) is 9.97 Å². The van der Waals surface area contributed by atoms with Crippen molar-refractivity contribution in [3.05, 3.63) is 175 Å². The highest BCUT2D eigenvalue weighted by Gasteiger charge is 2.35. The molecule has 1 aliphatic rings. The molecule has 0 aliphatic heterocycles. The number of para-hydroxylation sites is 1. The van der Waals surface area contributed by atoms with Crippen molar-refractivity contribution in [1.82, 2.24) is 14.5 Å². The maximum atomic E-state index is 5.55. The number of hydrogen-bond donors (Lipinski definition) is 0. The first-order valence-corrected chi connectivity index (χ1v) is 19.7. The molecule has 4 heteroatoms. The Balaban J connectivity index is 1.20. The number of benzene rings is 8. The van der Waals surface area contributed by atoms with Crippen molar-refractivity contribution in [3.8, 4) is 39.6 Å². The van der Waals surface area contributed by atoms with E-state index in [0.29, 0.717) is 5.95 Å². The Morgan fingerprint density at radius 3 is 1.95 bits per heavy atom. The fraction of sp³-hybridized carbons (Fsp3) is 0.0588. The van der Waals surface area contributed by atoms with Crippen LogP contribution in [0.15, 0.2) is 164 Å². The van der Waals surface area contributed by atoms with Gasteiger partial charge in [0.15, 0.2) is 0 Å². The summed E-state index contributed by atoms with van der Waals surface area (Å²) in [5.41, 5.74) is 11.4. The average molecular weight is 720 g/mol. The lowest BCUT2D eigenvalue weighted by Gasteiger charge is -2.22. The third-order valence-electron chi connectivity index (χ3n) is 12.0. The molecule has 0 bridgehead atoms. The van der Waals surface area contributed by atoms with Gasteiger partial charge in [-0.15, -0.1) is 11.3 Å². The fourth-order valence-electron chi connectivity index (χ4n) is 9.38. The smallest absolute Gasteiger partial charge is 0.235 e. The van der Waals surface area contributed by atoms with E-state index in [1.54, 1.807) is 0 Å². The Morgan fingerprint density at radius 1 is 0.491 bits per heavy atom. The van der Waals surface area contributed by atoms with Crippen molar-refractivity contribution >= 4 is 74.9 Å². The Kier molecular flexibility index (Phi) is 6.27. The van der Waals surface area contributed by atoms with Crippen molar-refractivity contribution in [2.45, 2.75) is 19.3 Å². The second kappa shape index (κ2) is 11.2. The molecule has 0 atom stereocenters. The molecule has 0 fully saturated rings. The molecule has 3 aromatic heterocycles. The van der Waals surface area contributed by atoms with Crippen LogP contribution in [0, 0.1) is 0 Å². The predicted molar refractivity (Wildman–Crippen MR) is 233 cm³/mol. The summed E-state index contributed by atoms with van der Waals surface area (Å²) in [6.07, 6.45) is 0. The van der Waals surface area contributed by atoms with Gasteiger partial charge in [0.05, 0.1) is 27.1 Å². The summed E-state index contributed by atoms with van der Waals surface area (Å²) in [5, 5.41) is 9.94. The standard InChI is InChI=1S/C51H33N3S/c1-51(2)40-20-10-7-15-34(40)35-26-25-33(28-41(35)51)43-29-42(32-24-23-30-13-3-4-14-31(30)27-32)52-50(53-43)54-44-21-11-8-18-38(44)46-36-16-5-6-17-37(36)47-39-19-9-12-22-45(39)55-49(47)48(46)54/h3-29H,1-2H3. The minimum absolute atomic E-state index is 0.125. The minimum Gasteiger partial charge on any atom is -0.276 e. The van der Waals surface area contributed by atoms with Gasteiger partial charge in [-0.3, -0.25) is 4.57 Å². The van der Waals surface area contributed by atoms with Crippen molar-refractivity contribution in [3.63, 3.8) is 0 Å². The zero-order valence-corrected chi connectivity index (χ0v) is 31.2. The molecular weight excluding hydrogens is 687 g/mol. The van der Waals surface area contributed by atoms with E-state index >= 15 is 0 Å². The van der Waals surface area contributed by atoms with Gasteiger partial charge in [-0.2, -0.15) is 0 Å². The highest BCUT2D eigenvalue weighted by Crippen LogP contribution is 2.50. The van der Waals surface area contributed by atoms with Crippen molar-refractivity contribution in [2.75, 3.05) is 0 Å². The van der Waals surface area contributed by atoms with Gasteiger partial charge in [0.1, 0.15) is 0 Å². The number of aromatic nitrogens is 3. The van der Waals surface area contributed by atoms with Crippen molar-refractivity contribution < 1.29 is 0 Å². The van der Waals surface area contributed by atoms with Crippen LogP contribution in [-0.2, 0) is 5.41 Å². The van der Waals surface area contributed by atoms with Gasteiger partial charge in [0, 0.05) is 42.8 Å². The maximum Gasteiger partial charge on any atom is 0.235 e. The van der Waals surface area contributed by atoms with Crippen LogP contribution in [0.2, 0.25) is 0 Å². The number of hydrogen-bond acceptors (Lipinski definition) is 3. The van der Waals surface area contributed by atoms with E-state index in [1.165, 1.54) is 74.7 Å². The van der Waals surface area contributed by atoms with Crippen LogP contribution in [0.5, 0.6) is 0 Å². The highest BCUT2D eigenvalue weighted by atomic mass is 32.1. The quantitative estimate of drug-likeness (QED) is 0.182. The van der Waals surface area contributed by atoms with Gasteiger partial charge < -0.3 is 0 Å². The second-order valence-corrected chi connectivity index (χ2v) is 16.4. The van der Waals surface area contributed by atoms with Gasteiger partial charge in [0.25, 0.3) is 0 Å². The van der Waals surface area contributed by atoms with Crippen LogP contribution in [0.3, 0.4) is 0 Å². The second-order valence-electron chi connectivity index (χ2n) is 15.4. The molecule has 0 N–H and O–H groups in total. The molecule has 11 aromatic rings. The molecule has 0 radical (unpaired) electrons. The molecular formula is C51H33N3S. The third-order valence-corrected chi connectivity index (χ3v) is 13.2. The third kappa shape index (κ3) is 4.31. The van der Waals surface area contributed by atoms with Gasteiger partial charge in [-0.05, 0) is 74.1 Å². The van der Waals surface area contributed by atoms with E-state index < -0.39 is 0 Å². The molecule has 55 heavy (non-hydrogen) atoms. The van der Waals surface area contributed by atoms with Crippen LogP contribution in [0.1, 0.15) is 25.0 Å². The molecule has 3 heterocycles. The van der Waals surface area contributed by atoms with Crippen LogP contribution in [0.4, 0.5) is 0 Å². The van der Waals surface area contributed by atoms with E-state index in [9.17, 15) is 0 Å². The zero-order chi connectivity index (χ0) is 36.4. The summed E-state index contributed by atoms with van der Waals surface area (Å²) in [5.74, 6) is 0.670. The van der Waals surface area contributed by atoms with E-state index in [-0.39, 0.29) is 5.41 Å². The number of thiophene rings is 1. The molecule has 3 nitrogen and oxygen atoms in total. The number of rotatable bonds is 3. The van der Waals surface area contributed by atoms with E-state index in [2.05, 4.69) is 182 Å². The van der Waals surface area contributed by atoms with Crippen LogP contribution in [0.25, 0.3) is 103 Å². The molecule has 0 spiro atoms. The van der Waals surface area contributed by atoms with Crippen LogP contribution in [-0.4, -0.2) is 14.5 Å². The summed E-state index contributed by atoms with van der Waals surface area (Å²) in [6, 6.07) is 59.6. The minimum atomic E-state index is -0.125. The average Bonchev–Trinajstić information content (AvgIpc) is 3.87.